The number of guanidine groups is 1. The van der Waals surface area contributed by atoms with E-state index in [0.717, 1.165) is 31.0 Å². The van der Waals surface area contributed by atoms with Crippen LogP contribution in [-0.2, 0) is 11.2 Å². The minimum absolute atomic E-state index is 0.101. The van der Waals surface area contributed by atoms with E-state index in [1.807, 2.05) is 24.3 Å². The van der Waals surface area contributed by atoms with Crippen molar-refractivity contribution in [1.29, 1.82) is 0 Å². The quantitative estimate of drug-likeness (QED) is 0.361. The van der Waals surface area contributed by atoms with E-state index in [0.29, 0.717) is 18.9 Å². The van der Waals surface area contributed by atoms with Crippen LogP contribution in [-0.4, -0.2) is 38.6 Å². The maximum absolute atomic E-state index is 11.1. The predicted molar refractivity (Wildman–Crippen MR) is 110 cm³/mol. The summed E-state index contributed by atoms with van der Waals surface area (Å²) in [5.41, 5.74) is 2.07. The van der Waals surface area contributed by atoms with Crippen molar-refractivity contribution in [2.45, 2.75) is 19.8 Å². The third-order valence-electron chi connectivity index (χ3n) is 3.82. The van der Waals surface area contributed by atoms with Crippen molar-refractivity contribution in [2.24, 2.45) is 4.99 Å². The fourth-order valence-corrected chi connectivity index (χ4v) is 2.57. The van der Waals surface area contributed by atoms with Crippen molar-refractivity contribution in [3.8, 4) is 5.75 Å². The Balaban J connectivity index is 1.62. The monoisotopic (exact) mass is 368 g/mol. The zero-order valence-corrected chi connectivity index (χ0v) is 16.0. The molecule has 0 bridgehead atoms. The Morgan fingerprint density at radius 3 is 2.56 bits per heavy atom. The molecule has 6 heteroatoms. The molecule has 0 fully saturated rings. The predicted octanol–water partition coefficient (Wildman–Crippen LogP) is 2.82. The molecular weight excluding hydrogens is 340 g/mol. The molecule has 2 aromatic rings. The van der Waals surface area contributed by atoms with Gasteiger partial charge in [-0.05, 0) is 30.5 Å². The number of nitrogens with zero attached hydrogens (tertiary/aromatic N) is 1. The third-order valence-corrected chi connectivity index (χ3v) is 3.82. The van der Waals surface area contributed by atoms with Gasteiger partial charge in [0, 0.05) is 32.3 Å². The van der Waals surface area contributed by atoms with E-state index in [9.17, 15) is 4.79 Å². The first-order valence-corrected chi connectivity index (χ1v) is 9.16. The lowest BCUT2D eigenvalue weighted by Gasteiger charge is -2.13. The van der Waals surface area contributed by atoms with Gasteiger partial charge in [-0.2, -0.15) is 0 Å². The summed E-state index contributed by atoms with van der Waals surface area (Å²) in [6.07, 6.45) is 2.08. The van der Waals surface area contributed by atoms with Gasteiger partial charge < -0.3 is 20.7 Å². The topological polar surface area (TPSA) is 74.8 Å². The zero-order chi connectivity index (χ0) is 19.3. The molecule has 2 aromatic carbocycles. The maximum atomic E-state index is 11.1. The van der Waals surface area contributed by atoms with Gasteiger partial charge >= 0.3 is 0 Å². The fraction of sp³-hybridized carbons (Fsp3) is 0.333. The van der Waals surface area contributed by atoms with E-state index in [1.165, 1.54) is 12.5 Å². The first kappa shape index (κ1) is 20.3. The first-order valence-electron chi connectivity index (χ1n) is 9.16. The Hall–Kier alpha value is -3.02. The number of carbonyl (C=O) groups is 1. The molecule has 0 spiro atoms. The number of rotatable bonds is 9. The van der Waals surface area contributed by atoms with Crippen LogP contribution in [0.25, 0.3) is 0 Å². The van der Waals surface area contributed by atoms with Gasteiger partial charge in [-0.1, -0.05) is 36.4 Å². The molecule has 6 nitrogen and oxygen atoms in total. The van der Waals surface area contributed by atoms with Crippen LogP contribution in [0, 0.1) is 0 Å². The number of aliphatic imine (C=N–C) groups is 1. The molecular formula is C21H28N4O2. The number of carbonyl (C=O) groups excluding carboxylic acids is 1. The highest BCUT2D eigenvalue weighted by atomic mass is 16.5. The average Bonchev–Trinajstić information content (AvgIpc) is 2.67. The highest BCUT2D eigenvalue weighted by molar-refractivity contribution is 5.88. The van der Waals surface area contributed by atoms with E-state index in [2.05, 4.69) is 45.2 Å². The van der Waals surface area contributed by atoms with Crippen LogP contribution in [0.1, 0.15) is 18.9 Å². The number of hydrogen-bond acceptors (Lipinski definition) is 3. The van der Waals surface area contributed by atoms with Crippen LogP contribution >= 0.6 is 0 Å². The molecule has 3 N–H and O–H groups in total. The molecule has 0 radical (unpaired) electrons. The van der Waals surface area contributed by atoms with Crippen molar-refractivity contribution in [3.63, 3.8) is 0 Å². The molecule has 27 heavy (non-hydrogen) atoms. The Bertz CT molecular complexity index is 732. The van der Waals surface area contributed by atoms with Crippen molar-refractivity contribution in [3.05, 3.63) is 60.2 Å². The largest absolute Gasteiger partial charge is 0.492 e. The minimum Gasteiger partial charge on any atom is -0.492 e. The lowest BCUT2D eigenvalue weighted by atomic mass is 10.1. The summed E-state index contributed by atoms with van der Waals surface area (Å²) >= 11 is 0. The molecule has 0 saturated carbocycles. The van der Waals surface area contributed by atoms with Crippen molar-refractivity contribution < 1.29 is 9.53 Å². The van der Waals surface area contributed by atoms with E-state index in [4.69, 9.17) is 4.74 Å². The van der Waals surface area contributed by atoms with E-state index in [-0.39, 0.29) is 5.91 Å². The van der Waals surface area contributed by atoms with Gasteiger partial charge in [0.15, 0.2) is 5.96 Å². The summed E-state index contributed by atoms with van der Waals surface area (Å²) in [7, 11) is 1.75. The van der Waals surface area contributed by atoms with Crippen LogP contribution in [0.15, 0.2) is 59.6 Å². The van der Waals surface area contributed by atoms with Gasteiger partial charge in [0.25, 0.3) is 0 Å². The molecule has 0 aliphatic rings. The second kappa shape index (κ2) is 11.6. The third kappa shape index (κ3) is 8.27. The number of nitrogens with one attached hydrogen (secondary N) is 3. The summed E-state index contributed by atoms with van der Waals surface area (Å²) in [5, 5.41) is 9.27. The van der Waals surface area contributed by atoms with Crippen LogP contribution in [0.5, 0.6) is 5.75 Å². The van der Waals surface area contributed by atoms with Crippen LogP contribution in [0.2, 0.25) is 0 Å². The van der Waals surface area contributed by atoms with Gasteiger partial charge in [-0.25, -0.2) is 0 Å². The second-order valence-electron chi connectivity index (χ2n) is 6.07. The van der Waals surface area contributed by atoms with Crippen LogP contribution in [0.4, 0.5) is 5.69 Å². The summed E-state index contributed by atoms with van der Waals surface area (Å²) in [6, 6.07) is 17.8. The second-order valence-corrected chi connectivity index (χ2v) is 6.07. The molecule has 0 saturated heterocycles. The number of amides is 1. The van der Waals surface area contributed by atoms with Crippen molar-refractivity contribution in [2.75, 3.05) is 32.1 Å². The fourth-order valence-electron chi connectivity index (χ4n) is 2.57. The van der Waals surface area contributed by atoms with E-state index in [1.54, 1.807) is 13.1 Å². The van der Waals surface area contributed by atoms with Gasteiger partial charge in [0.1, 0.15) is 12.4 Å². The van der Waals surface area contributed by atoms with Crippen LogP contribution in [0.3, 0.4) is 0 Å². The number of anilines is 1. The van der Waals surface area contributed by atoms with Gasteiger partial charge in [-0.15, -0.1) is 0 Å². The number of ether oxygens (including phenoxy) is 1. The molecule has 0 aliphatic heterocycles. The average molecular weight is 368 g/mol. The summed E-state index contributed by atoms with van der Waals surface area (Å²) in [4.78, 5) is 15.3. The molecule has 144 valence electrons. The SMILES string of the molecule is CN=C(NCCCc1ccccc1)NCCOc1cccc(NC(C)=O)c1. The maximum Gasteiger partial charge on any atom is 0.221 e. The summed E-state index contributed by atoms with van der Waals surface area (Å²) in [6.45, 7) is 3.46. The highest BCUT2D eigenvalue weighted by Gasteiger charge is 2.00. The molecule has 0 heterocycles. The Morgan fingerprint density at radius 2 is 1.81 bits per heavy atom. The minimum atomic E-state index is -0.101. The lowest BCUT2D eigenvalue weighted by Crippen LogP contribution is -2.39. The smallest absolute Gasteiger partial charge is 0.221 e. The Morgan fingerprint density at radius 1 is 1.04 bits per heavy atom. The van der Waals surface area contributed by atoms with E-state index >= 15 is 0 Å². The lowest BCUT2D eigenvalue weighted by molar-refractivity contribution is -0.114. The standard InChI is InChI=1S/C21H28N4O2/c1-17(26)25-19-11-6-12-20(16-19)27-15-14-24-21(22-2)23-13-7-10-18-8-4-3-5-9-18/h3-6,8-9,11-12,16H,7,10,13-15H2,1-2H3,(H,25,26)(H2,22,23,24). The Kier molecular flexibility index (Phi) is 8.69. The molecule has 0 aromatic heterocycles. The van der Waals surface area contributed by atoms with Crippen molar-refractivity contribution >= 4 is 17.6 Å². The normalized spacial score (nSPS) is 11.0. The first-order chi connectivity index (χ1) is 13.2. The van der Waals surface area contributed by atoms with Gasteiger partial charge in [0.2, 0.25) is 5.91 Å². The van der Waals surface area contributed by atoms with Gasteiger partial charge in [-0.3, -0.25) is 9.79 Å². The molecule has 0 unspecified atom stereocenters. The summed E-state index contributed by atoms with van der Waals surface area (Å²) in [5.74, 6) is 1.38. The zero-order valence-electron chi connectivity index (χ0n) is 16.0. The van der Waals surface area contributed by atoms with Gasteiger partial charge in [0.05, 0.1) is 6.54 Å². The number of hydrogen-bond donors (Lipinski definition) is 3. The van der Waals surface area contributed by atoms with Crippen LogP contribution < -0.4 is 20.7 Å². The van der Waals surface area contributed by atoms with Crippen molar-refractivity contribution in [1.82, 2.24) is 10.6 Å². The highest BCUT2D eigenvalue weighted by Crippen LogP contribution is 2.16. The molecule has 0 atom stereocenters. The molecule has 0 aliphatic carbocycles. The molecule has 1 amide bonds. The molecule has 2 rings (SSSR count). The Labute approximate surface area is 161 Å². The number of benzene rings is 2. The summed E-state index contributed by atoms with van der Waals surface area (Å²) < 4.78 is 5.71. The number of aryl methyl sites for hydroxylation is 1. The van der Waals surface area contributed by atoms with E-state index < -0.39 is 0 Å².